The van der Waals surface area contributed by atoms with Crippen LogP contribution in [0.2, 0.25) is 0 Å². The third kappa shape index (κ3) is 5.00. The van der Waals surface area contributed by atoms with Crippen molar-refractivity contribution in [2.45, 2.75) is 33.6 Å². The van der Waals surface area contributed by atoms with E-state index in [4.69, 9.17) is 0 Å². The molecular weight excluding hydrogens is 224 g/mol. The maximum absolute atomic E-state index is 4.32. The molecule has 0 fully saturated rings. The first-order chi connectivity index (χ1) is 8.50. The molecule has 0 aromatic carbocycles. The van der Waals surface area contributed by atoms with Gasteiger partial charge in [0.15, 0.2) is 0 Å². The molecule has 1 N–H and O–H groups in total. The Balaban J connectivity index is 2.46. The molecule has 0 radical (unpaired) electrons. The minimum atomic E-state index is 0.444. The first-order valence-corrected chi connectivity index (χ1v) is 6.74. The lowest BCUT2D eigenvalue weighted by Crippen LogP contribution is -2.31. The predicted octanol–water partition coefficient (Wildman–Crippen LogP) is 2.28. The van der Waals surface area contributed by atoms with Gasteiger partial charge in [-0.1, -0.05) is 27.7 Å². The monoisotopic (exact) mass is 250 g/mol. The maximum Gasteiger partial charge on any atom is 0.131 e. The summed E-state index contributed by atoms with van der Waals surface area (Å²) in [6.45, 7) is 11.7. The van der Waals surface area contributed by atoms with Gasteiger partial charge in [0.05, 0.1) is 0 Å². The van der Waals surface area contributed by atoms with Gasteiger partial charge in [0.25, 0.3) is 0 Å². The highest BCUT2D eigenvalue weighted by molar-refractivity contribution is 5.38. The van der Waals surface area contributed by atoms with Gasteiger partial charge in [0, 0.05) is 31.9 Å². The van der Waals surface area contributed by atoms with Crippen LogP contribution in [0, 0.1) is 5.92 Å². The molecule has 1 aromatic heterocycles. The summed E-state index contributed by atoms with van der Waals surface area (Å²) in [5.41, 5.74) is 1.10. The minimum Gasteiger partial charge on any atom is -0.358 e. The van der Waals surface area contributed by atoms with Crippen LogP contribution in [0.3, 0.4) is 0 Å². The summed E-state index contributed by atoms with van der Waals surface area (Å²) >= 11 is 0. The highest BCUT2D eigenvalue weighted by Gasteiger charge is 2.06. The van der Waals surface area contributed by atoms with E-state index in [9.17, 15) is 0 Å². The third-order valence-electron chi connectivity index (χ3n) is 2.83. The number of nitrogens with zero attached hydrogens (tertiary/aromatic N) is 3. The van der Waals surface area contributed by atoms with Crippen molar-refractivity contribution in [1.29, 1.82) is 0 Å². The molecule has 1 rings (SSSR count). The fourth-order valence-corrected chi connectivity index (χ4v) is 1.64. The molecule has 0 amide bonds. The average Bonchev–Trinajstić information content (AvgIpc) is 2.34. The minimum absolute atomic E-state index is 0.444. The Labute approximate surface area is 111 Å². The quantitative estimate of drug-likeness (QED) is 0.754. The smallest absolute Gasteiger partial charge is 0.131 e. The van der Waals surface area contributed by atoms with Crippen LogP contribution in [0.25, 0.3) is 0 Å². The number of hydrogen-bond acceptors (Lipinski definition) is 4. The molecule has 0 saturated heterocycles. The van der Waals surface area contributed by atoms with Crippen LogP contribution in [0.4, 0.5) is 5.82 Å². The van der Waals surface area contributed by atoms with Gasteiger partial charge in [-0.2, -0.15) is 0 Å². The number of likely N-dealkylation sites (N-methyl/N-ethyl adjacent to an activating group) is 1. The van der Waals surface area contributed by atoms with Gasteiger partial charge in [-0.15, -0.1) is 0 Å². The Morgan fingerprint density at radius 2 is 1.94 bits per heavy atom. The standard InChI is InChI=1S/C14H26N4/c1-11(2)9-15-6-7-18(5)14-8-13(12(3)4)16-10-17-14/h8,10-12,15H,6-7,9H2,1-5H3. The Bertz CT molecular complexity index is 349. The van der Waals surface area contributed by atoms with Crippen LogP contribution in [0.15, 0.2) is 12.4 Å². The zero-order valence-electron chi connectivity index (χ0n) is 12.3. The van der Waals surface area contributed by atoms with E-state index in [1.807, 2.05) is 0 Å². The van der Waals surface area contributed by atoms with Gasteiger partial charge in [-0.3, -0.25) is 0 Å². The van der Waals surface area contributed by atoms with Gasteiger partial charge < -0.3 is 10.2 Å². The van der Waals surface area contributed by atoms with E-state index in [0.29, 0.717) is 11.8 Å². The van der Waals surface area contributed by atoms with Crippen molar-refractivity contribution in [2.24, 2.45) is 5.92 Å². The first-order valence-electron chi connectivity index (χ1n) is 6.74. The second kappa shape index (κ2) is 7.31. The molecule has 4 heteroatoms. The number of nitrogens with one attached hydrogen (secondary N) is 1. The van der Waals surface area contributed by atoms with Crippen LogP contribution in [0.1, 0.15) is 39.3 Å². The van der Waals surface area contributed by atoms with Gasteiger partial charge >= 0.3 is 0 Å². The molecule has 0 atom stereocenters. The van der Waals surface area contributed by atoms with Crippen molar-refractivity contribution in [3.8, 4) is 0 Å². The van der Waals surface area contributed by atoms with E-state index in [1.165, 1.54) is 0 Å². The van der Waals surface area contributed by atoms with Crippen LogP contribution in [-0.2, 0) is 0 Å². The second-order valence-electron chi connectivity index (χ2n) is 5.48. The van der Waals surface area contributed by atoms with Gasteiger partial charge in [0.1, 0.15) is 12.1 Å². The highest BCUT2D eigenvalue weighted by Crippen LogP contribution is 2.15. The lowest BCUT2D eigenvalue weighted by molar-refractivity contribution is 0.553. The van der Waals surface area contributed by atoms with Gasteiger partial charge in [-0.25, -0.2) is 9.97 Å². The van der Waals surface area contributed by atoms with Crippen molar-refractivity contribution in [1.82, 2.24) is 15.3 Å². The summed E-state index contributed by atoms with van der Waals surface area (Å²) in [7, 11) is 2.07. The zero-order valence-corrected chi connectivity index (χ0v) is 12.3. The largest absolute Gasteiger partial charge is 0.358 e. The van der Waals surface area contributed by atoms with Crippen LogP contribution in [-0.4, -0.2) is 36.6 Å². The molecule has 18 heavy (non-hydrogen) atoms. The molecule has 1 aromatic rings. The Kier molecular flexibility index (Phi) is 6.05. The predicted molar refractivity (Wildman–Crippen MR) is 77.1 cm³/mol. The van der Waals surface area contributed by atoms with E-state index in [1.54, 1.807) is 6.33 Å². The summed E-state index contributed by atoms with van der Waals surface area (Å²) in [6, 6.07) is 2.08. The molecule has 0 aliphatic heterocycles. The lowest BCUT2D eigenvalue weighted by atomic mass is 10.1. The summed E-state index contributed by atoms with van der Waals surface area (Å²) in [5, 5.41) is 3.44. The molecule has 0 aliphatic carbocycles. The average molecular weight is 250 g/mol. The van der Waals surface area contributed by atoms with Crippen molar-refractivity contribution in [3.63, 3.8) is 0 Å². The van der Waals surface area contributed by atoms with Crippen molar-refractivity contribution in [3.05, 3.63) is 18.1 Å². The van der Waals surface area contributed by atoms with Gasteiger partial charge in [-0.05, 0) is 18.4 Å². The number of anilines is 1. The zero-order chi connectivity index (χ0) is 13.5. The normalized spacial score (nSPS) is 11.3. The first kappa shape index (κ1) is 14.9. The van der Waals surface area contributed by atoms with Crippen LogP contribution in [0.5, 0.6) is 0 Å². The molecule has 4 nitrogen and oxygen atoms in total. The lowest BCUT2D eigenvalue weighted by Gasteiger charge is -2.19. The van der Waals surface area contributed by atoms with Crippen LogP contribution >= 0.6 is 0 Å². The molecule has 0 unspecified atom stereocenters. The molecule has 102 valence electrons. The Hall–Kier alpha value is -1.16. The maximum atomic E-state index is 4.32. The Morgan fingerprint density at radius 1 is 1.22 bits per heavy atom. The van der Waals surface area contributed by atoms with E-state index in [0.717, 1.165) is 31.1 Å². The molecule has 0 spiro atoms. The number of aromatic nitrogens is 2. The van der Waals surface area contributed by atoms with Crippen molar-refractivity contribution < 1.29 is 0 Å². The summed E-state index contributed by atoms with van der Waals surface area (Å²) in [5.74, 6) is 2.14. The highest BCUT2D eigenvalue weighted by atomic mass is 15.2. The van der Waals surface area contributed by atoms with Gasteiger partial charge in [0.2, 0.25) is 0 Å². The molecule has 0 saturated carbocycles. The van der Waals surface area contributed by atoms with Crippen molar-refractivity contribution in [2.75, 3.05) is 31.6 Å². The third-order valence-corrected chi connectivity index (χ3v) is 2.83. The molecular formula is C14H26N4. The molecule has 1 heterocycles. The topological polar surface area (TPSA) is 41.0 Å². The van der Waals surface area contributed by atoms with Crippen LogP contribution < -0.4 is 10.2 Å². The van der Waals surface area contributed by atoms with Crippen molar-refractivity contribution >= 4 is 5.82 Å². The summed E-state index contributed by atoms with van der Waals surface area (Å²) in [4.78, 5) is 10.8. The number of hydrogen-bond donors (Lipinski definition) is 1. The number of rotatable bonds is 7. The Morgan fingerprint density at radius 3 is 2.56 bits per heavy atom. The van der Waals surface area contributed by atoms with E-state index < -0.39 is 0 Å². The van der Waals surface area contributed by atoms with E-state index in [-0.39, 0.29) is 0 Å². The molecule has 0 aliphatic rings. The van der Waals surface area contributed by atoms with E-state index in [2.05, 4.69) is 61.0 Å². The fraction of sp³-hybridized carbons (Fsp3) is 0.714. The SMILES string of the molecule is CC(C)CNCCN(C)c1cc(C(C)C)ncn1. The fourth-order valence-electron chi connectivity index (χ4n) is 1.64. The van der Waals surface area contributed by atoms with E-state index >= 15 is 0 Å². The summed E-state index contributed by atoms with van der Waals surface area (Å²) < 4.78 is 0. The second-order valence-corrected chi connectivity index (χ2v) is 5.48. The summed E-state index contributed by atoms with van der Waals surface area (Å²) in [6.07, 6.45) is 1.66. The molecule has 0 bridgehead atoms.